The zero-order valence-electron chi connectivity index (χ0n) is 14.3. The molecule has 0 aromatic heterocycles. The number of nitrogens with two attached hydrogens (primary N) is 1. The van der Waals surface area contributed by atoms with E-state index in [0.717, 1.165) is 12.8 Å². The molecule has 0 spiro atoms. The Bertz CT molecular complexity index is 339. The van der Waals surface area contributed by atoms with Gasteiger partial charge in [-0.1, -0.05) is 6.42 Å². The number of hydrogen-bond acceptors (Lipinski definition) is 5. The van der Waals surface area contributed by atoms with Crippen molar-refractivity contribution in [2.75, 3.05) is 6.54 Å². The predicted molar refractivity (Wildman–Crippen MR) is 82.7 cm³/mol. The number of esters is 2. The Morgan fingerprint density at radius 3 is 1.90 bits per heavy atom. The highest BCUT2D eigenvalue weighted by atomic mass is 16.6. The van der Waals surface area contributed by atoms with E-state index >= 15 is 0 Å². The highest BCUT2D eigenvalue weighted by Gasteiger charge is 2.29. The van der Waals surface area contributed by atoms with Crippen molar-refractivity contribution >= 4 is 11.9 Å². The largest absolute Gasteiger partial charge is 0.460 e. The van der Waals surface area contributed by atoms with Crippen molar-refractivity contribution in [3.8, 4) is 0 Å². The number of ether oxygens (including phenoxy) is 2. The second kappa shape index (κ2) is 8.37. The van der Waals surface area contributed by atoms with E-state index in [1.165, 1.54) is 0 Å². The average molecular weight is 301 g/mol. The average Bonchev–Trinajstić information content (AvgIpc) is 2.22. The van der Waals surface area contributed by atoms with Crippen LogP contribution in [0.3, 0.4) is 0 Å². The van der Waals surface area contributed by atoms with E-state index in [9.17, 15) is 9.59 Å². The second-order valence-electron chi connectivity index (χ2n) is 7.31. The molecule has 0 aliphatic heterocycles. The van der Waals surface area contributed by atoms with Crippen LogP contribution in [0.4, 0.5) is 0 Å². The van der Waals surface area contributed by atoms with Crippen molar-refractivity contribution in [1.82, 2.24) is 0 Å². The van der Waals surface area contributed by atoms with Gasteiger partial charge in [0.15, 0.2) is 0 Å². The fourth-order valence-corrected chi connectivity index (χ4v) is 1.81. The monoisotopic (exact) mass is 301 g/mol. The van der Waals surface area contributed by atoms with Gasteiger partial charge in [-0.2, -0.15) is 0 Å². The van der Waals surface area contributed by atoms with Crippen LogP contribution in [0.15, 0.2) is 0 Å². The molecule has 2 N–H and O–H groups in total. The summed E-state index contributed by atoms with van der Waals surface area (Å²) in [7, 11) is 0. The normalized spacial score (nSPS) is 13.7. The van der Waals surface area contributed by atoms with Crippen LogP contribution >= 0.6 is 0 Å². The molecule has 5 nitrogen and oxygen atoms in total. The summed E-state index contributed by atoms with van der Waals surface area (Å²) in [6.07, 6.45) is 2.26. The quantitative estimate of drug-likeness (QED) is 0.578. The molecule has 0 aromatic rings. The summed E-state index contributed by atoms with van der Waals surface area (Å²) in [6.45, 7) is 11.4. The Morgan fingerprint density at radius 2 is 1.48 bits per heavy atom. The van der Waals surface area contributed by atoms with Gasteiger partial charge in [-0.3, -0.25) is 9.59 Å². The minimum Gasteiger partial charge on any atom is -0.460 e. The van der Waals surface area contributed by atoms with Gasteiger partial charge in [0, 0.05) is 0 Å². The Balaban J connectivity index is 4.65. The van der Waals surface area contributed by atoms with Gasteiger partial charge in [0.05, 0.1) is 12.3 Å². The molecule has 21 heavy (non-hydrogen) atoms. The highest BCUT2D eigenvalue weighted by Crippen LogP contribution is 2.21. The molecule has 124 valence electrons. The maximum Gasteiger partial charge on any atom is 0.310 e. The summed E-state index contributed by atoms with van der Waals surface area (Å²) in [5, 5.41) is 0. The second-order valence-corrected chi connectivity index (χ2v) is 7.31. The topological polar surface area (TPSA) is 78.6 Å². The van der Waals surface area contributed by atoms with Crippen LogP contribution in [-0.4, -0.2) is 29.7 Å². The van der Waals surface area contributed by atoms with Gasteiger partial charge in [0.2, 0.25) is 0 Å². The van der Waals surface area contributed by atoms with Gasteiger partial charge in [-0.15, -0.1) is 0 Å². The first-order valence-electron chi connectivity index (χ1n) is 7.59. The van der Waals surface area contributed by atoms with Gasteiger partial charge in [-0.05, 0) is 60.9 Å². The van der Waals surface area contributed by atoms with Gasteiger partial charge in [0.1, 0.15) is 11.2 Å². The van der Waals surface area contributed by atoms with Crippen LogP contribution in [0.5, 0.6) is 0 Å². The molecule has 0 saturated heterocycles. The Kier molecular flexibility index (Phi) is 7.93. The minimum atomic E-state index is -0.558. The third-order valence-corrected chi connectivity index (χ3v) is 2.58. The summed E-state index contributed by atoms with van der Waals surface area (Å²) in [6, 6.07) is 0. The number of unbranched alkanes of at least 4 members (excludes halogenated alkanes) is 1. The maximum absolute atomic E-state index is 12.2. The summed E-state index contributed by atoms with van der Waals surface area (Å²) in [4.78, 5) is 24.1. The molecule has 1 atom stereocenters. The van der Waals surface area contributed by atoms with E-state index in [0.29, 0.717) is 13.0 Å². The van der Waals surface area contributed by atoms with Crippen LogP contribution in [0, 0.1) is 5.92 Å². The molecule has 0 heterocycles. The fourth-order valence-electron chi connectivity index (χ4n) is 1.81. The third kappa shape index (κ3) is 11.3. The van der Waals surface area contributed by atoms with E-state index in [2.05, 4.69) is 0 Å². The van der Waals surface area contributed by atoms with Crippen molar-refractivity contribution in [1.29, 1.82) is 0 Å². The van der Waals surface area contributed by atoms with Crippen LogP contribution < -0.4 is 5.73 Å². The first-order valence-corrected chi connectivity index (χ1v) is 7.59. The van der Waals surface area contributed by atoms with Gasteiger partial charge >= 0.3 is 11.9 Å². The summed E-state index contributed by atoms with van der Waals surface area (Å²) < 4.78 is 10.7. The molecule has 0 aromatic carbocycles. The summed E-state index contributed by atoms with van der Waals surface area (Å²) in [5.41, 5.74) is 4.36. The number of rotatable bonds is 7. The van der Waals surface area contributed by atoms with Crippen LogP contribution in [0.2, 0.25) is 0 Å². The molecule has 0 saturated carbocycles. The molecular weight excluding hydrogens is 270 g/mol. The lowest BCUT2D eigenvalue weighted by Gasteiger charge is -2.25. The lowest BCUT2D eigenvalue weighted by atomic mass is 9.98. The number of carbonyl (C=O) groups is 2. The molecule has 0 aliphatic carbocycles. The Hall–Kier alpha value is -1.10. The predicted octanol–water partition coefficient (Wildman–Crippen LogP) is 2.81. The molecule has 0 amide bonds. The Morgan fingerprint density at radius 1 is 0.952 bits per heavy atom. The van der Waals surface area contributed by atoms with Crippen LogP contribution in [0.1, 0.15) is 67.2 Å². The zero-order valence-corrected chi connectivity index (χ0v) is 14.3. The van der Waals surface area contributed by atoms with Gasteiger partial charge in [-0.25, -0.2) is 0 Å². The Labute approximate surface area is 128 Å². The van der Waals surface area contributed by atoms with Crippen molar-refractivity contribution in [2.45, 2.75) is 78.4 Å². The molecular formula is C16H31NO4. The number of hydrogen-bond donors (Lipinski definition) is 1. The standard InChI is InChI=1S/C16H31NO4/c1-15(2,3)20-13(18)11-12(9-7-8-10-17)14(19)21-16(4,5)6/h12H,7-11,17H2,1-6H3/t12-/m1/s1. The molecule has 0 radical (unpaired) electrons. The summed E-state index contributed by atoms with van der Waals surface area (Å²) in [5.74, 6) is -1.18. The van der Waals surface area contributed by atoms with Gasteiger partial charge < -0.3 is 15.2 Å². The molecule has 0 bridgehead atoms. The van der Waals surface area contributed by atoms with E-state index in [-0.39, 0.29) is 18.4 Å². The first kappa shape index (κ1) is 19.9. The van der Waals surface area contributed by atoms with Gasteiger partial charge in [0.25, 0.3) is 0 Å². The van der Waals surface area contributed by atoms with E-state index in [4.69, 9.17) is 15.2 Å². The van der Waals surface area contributed by atoms with E-state index in [1.54, 1.807) is 0 Å². The van der Waals surface area contributed by atoms with Crippen LogP contribution in [0.25, 0.3) is 0 Å². The molecule has 0 fully saturated rings. The van der Waals surface area contributed by atoms with Crippen LogP contribution in [-0.2, 0) is 19.1 Å². The SMILES string of the molecule is CC(C)(C)OC(=O)C[C@@H](CCCCN)C(=O)OC(C)(C)C. The third-order valence-electron chi connectivity index (χ3n) is 2.58. The van der Waals surface area contributed by atoms with Crippen molar-refractivity contribution in [2.24, 2.45) is 11.7 Å². The van der Waals surface area contributed by atoms with E-state index < -0.39 is 17.1 Å². The highest BCUT2D eigenvalue weighted by molar-refractivity contribution is 5.80. The van der Waals surface area contributed by atoms with Crippen molar-refractivity contribution < 1.29 is 19.1 Å². The number of carbonyl (C=O) groups excluding carboxylic acids is 2. The summed E-state index contributed by atoms with van der Waals surface area (Å²) >= 11 is 0. The molecule has 0 aliphatic rings. The molecule has 0 unspecified atom stereocenters. The van der Waals surface area contributed by atoms with E-state index in [1.807, 2.05) is 41.5 Å². The lowest BCUT2D eigenvalue weighted by Crippen LogP contribution is -2.32. The minimum absolute atomic E-state index is 0.0523. The lowest BCUT2D eigenvalue weighted by molar-refractivity contribution is -0.167. The molecule has 0 rings (SSSR count). The fraction of sp³-hybridized carbons (Fsp3) is 0.875. The van der Waals surface area contributed by atoms with Crippen molar-refractivity contribution in [3.63, 3.8) is 0 Å². The molecule has 5 heteroatoms. The zero-order chi connectivity index (χ0) is 16.7. The first-order chi connectivity index (χ1) is 9.44. The smallest absolute Gasteiger partial charge is 0.310 e. The van der Waals surface area contributed by atoms with Crippen molar-refractivity contribution in [3.05, 3.63) is 0 Å². The maximum atomic E-state index is 12.2.